The molecule has 1 N–H and O–H groups in total. The average Bonchev–Trinajstić information content (AvgIpc) is 3.21. The van der Waals surface area contributed by atoms with Crippen LogP contribution < -0.4 is 5.32 Å². The molecule has 2 amide bonds. The average molecular weight is 361 g/mol. The number of carbonyl (C=O) groups excluding carboxylic acids is 2. The molecule has 0 radical (unpaired) electrons. The van der Waals surface area contributed by atoms with Crippen LogP contribution in [0.2, 0.25) is 0 Å². The van der Waals surface area contributed by atoms with Gasteiger partial charge in [-0.3, -0.25) is 4.98 Å². The van der Waals surface area contributed by atoms with Gasteiger partial charge < -0.3 is 19.7 Å². The summed E-state index contributed by atoms with van der Waals surface area (Å²) in [7, 11) is 0. The van der Waals surface area contributed by atoms with Crippen LogP contribution in [0.25, 0.3) is 0 Å². The van der Waals surface area contributed by atoms with E-state index in [1.165, 1.54) is 0 Å². The molecule has 1 aromatic rings. The Bertz CT molecular complexity index is 582. The number of carbonyl (C=O) groups is 2. The van der Waals surface area contributed by atoms with E-state index in [1.54, 1.807) is 11.1 Å². The number of pyridine rings is 1. The predicted molar refractivity (Wildman–Crippen MR) is 95.5 cm³/mol. The fraction of sp³-hybridized carbons (Fsp3) is 0.632. The summed E-state index contributed by atoms with van der Waals surface area (Å²) in [6.45, 7) is 2.28. The Labute approximate surface area is 154 Å². The van der Waals surface area contributed by atoms with Crippen LogP contribution >= 0.6 is 0 Å². The third kappa shape index (κ3) is 5.61. The highest BCUT2D eigenvalue weighted by Gasteiger charge is 2.25. The number of nitrogens with zero attached hydrogens (tertiary/aromatic N) is 2. The third-order valence-corrected chi connectivity index (χ3v) is 5.05. The first-order chi connectivity index (χ1) is 12.7. The second kappa shape index (κ2) is 9.40. The van der Waals surface area contributed by atoms with Crippen molar-refractivity contribution in [1.29, 1.82) is 0 Å². The molecule has 0 atom stereocenters. The zero-order chi connectivity index (χ0) is 18.2. The van der Waals surface area contributed by atoms with E-state index in [0.29, 0.717) is 12.5 Å². The van der Waals surface area contributed by atoms with Crippen molar-refractivity contribution in [3.63, 3.8) is 0 Å². The molecule has 0 spiro atoms. The Kier molecular flexibility index (Phi) is 6.68. The SMILES string of the molecule is O=C(NC1CCC(COC(=O)N2CCCC2)CC1)OCc1ccccn1. The van der Waals surface area contributed by atoms with E-state index >= 15 is 0 Å². The molecule has 2 heterocycles. The second-order valence-corrected chi connectivity index (χ2v) is 7.03. The van der Waals surface area contributed by atoms with E-state index in [9.17, 15) is 9.59 Å². The van der Waals surface area contributed by atoms with Crippen LogP contribution in [0, 0.1) is 5.92 Å². The third-order valence-electron chi connectivity index (χ3n) is 5.05. The Balaban J connectivity index is 1.29. The maximum absolute atomic E-state index is 11.9. The first kappa shape index (κ1) is 18.5. The summed E-state index contributed by atoms with van der Waals surface area (Å²) >= 11 is 0. The number of aromatic nitrogens is 1. The van der Waals surface area contributed by atoms with Crippen LogP contribution in [0.15, 0.2) is 24.4 Å². The molecule has 2 fully saturated rings. The van der Waals surface area contributed by atoms with Gasteiger partial charge in [0.2, 0.25) is 0 Å². The molecule has 0 unspecified atom stereocenters. The molecule has 1 aliphatic carbocycles. The first-order valence-corrected chi connectivity index (χ1v) is 9.45. The van der Waals surface area contributed by atoms with Crippen molar-refractivity contribution in [2.45, 2.75) is 51.2 Å². The summed E-state index contributed by atoms with van der Waals surface area (Å²) in [6, 6.07) is 5.63. The topological polar surface area (TPSA) is 80.8 Å². The molecule has 1 aromatic heterocycles. The van der Waals surface area contributed by atoms with E-state index < -0.39 is 6.09 Å². The number of hydrogen-bond donors (Lipinski definition) is 1. The van der Waals surface area contributed by atoms with Crippen LogP contribution in [-0.4, -0.2) is 47.8 Å². The molecule has 1 saturated heterocycles. The zero-order valence-electron chi connectivity index (χ0n) is 15.1. The van der Waals surface area contributed by atoms with Gasteiger partial charge >= 0.3 is 12.2 Å². The Morgan fingerprint density at radius 3 is 2.58 bits per heavy atom. The first-order valence-electron chi connectivity index (χ1n) is 9.45. The monoisotopic (exact) mass is 361 g/mol. The minimum Gasteiger partial charge on any atom is -0.449 e. The summed E-state index contributed by atoms with van der Waals surface area (Å²) in [6.07, 6.45) is 6.88. The minimum absolute atomic E-state index is 0.122. The summed E-state index contributed by atoms with van der Waals surface area (Å²) in [5, 5.41) is 2.91. The maximum atomic E-state index is 11.9. The number of alkyl carbamates (subject to hydrolysis) is 1. The number of ether oxygens (including phenoxy) is 2. The van der Waals surface area contributed by atoms with Crippen LogP contribution in [0.1, 0.15) is 44.2 Å². The number of hydrogen-bond acceptors (Lipinski definition) is 5. The molecule has 142 valence electrons. The second-order valence-electron chi connectivity index (χ2n) is 7.03. The molecule has 3 rings (SSSR count). The quantitative estimate of drug-likeness (QED) is 0.872. The summed E-state index contributed by atoms with van der Waals surface area (Å²) < 4.78 is 10.6. The molecule has 0 aromatic carbocycles. The summed E-state index contributed by atoms with van der Waals surface area (Å²) in [5.41, 5.74) is 0.728. The number of rotatable bonds is 5. The van der Waals surface area contributed by atoms with E-state index in [1.807, 2.05) is 18.2 Å². The lowest BCUT2D eigenvalue weighted by Gasteiger charge is -2.29. The Morgan fingerprint density at radius 1 is 1.12 bits per heavy atom. The van der Waals surface area contributed by atoms with Crippen molar-refractivity contribution >= 4 is 12.2 Å². The van der Waals surface area contributed by atoms with Crippen molar-refractivity contribution in [1.82, 2.24) is 15.2 Å². The summed E-state index contributed by atoms with van der Waals surface area (Å²) in [5.74, 6) is 0.379. The van der Waals surface area contributed by atoms with Crippen LogP contribution in [0.5, 0.6) is 0 Å². The van der Waals surface area contributed by atoms with Crippen molar-refractivity contribution < 1.29 is 19.1 Å². The molecule has 0 bridgehead atoms. The molecular weight excluding hydrogens is 334 g/mol. The van der Waals surface area contributed by atoms with Gasteiger partial charge in [0.15, 0.2) is 0 Å². The van der Waals surface area contributed by atoms with Gasteiger partial charge in [0.25, 0.3) is 0 Å². The maximum Gasteiger partial charge on any atom is 0.409 e. The normalized spacial score (nSPS) is 22.7. The Morgan fingerprint density at radius 2 is 1.88 bits per heavy atom. The molecule has 1 saturated carbocycles. The van der Waals surface area contributed by atoms with Crippen molar-refractivity contribution in [3.05, 3.63) is 30.1 Å². The molecule has 7 nitrogen and oxygen atoms in total. The fourth-order valence-electron chi connectivity index (χ4n) is 3.48. The van der Waals surface area contributed by atoms with E-state index in [-0.39, 0.29) is 18.7 Å². The standard InChI is InChI=1S/C19H27N3O4/c23-18(25-14-17-5-1-2-10-20-17)21-16-8-6-15(7-9-16)13-26-19(24)22-11-3-4-12-22/h1-2,5,10,15-16H,3-4,6-9,11-14H2,(H,21,23). The molecular formula is C19H27N3O4. The minimum atomic E-state index is -0.403. The highest BCUT2D eigenvalue weighted by molar-refractivity contribution is 5.68. The number of likely N-dealkylation sites (tertiary alicyclic amines) is 1. The largest absolute Gasteiger partial charge is 0.449 e. The van der Waals surface area contributed by atoms with Crippen molar-refractivity contribution in [3.8, 4) is 0 Å². The van der Waals surface area contributed by atoms with Crippen molar-refractivity contribution in [2.24, 2.45) is 5.92 Å². The molecule has 26 heavy (non-hydrogen) atoms. The van der Waals surface area contributed by atoms with Gasteiger partial charge in [-0.05, 0) is 56.6 Å². The number of nitrogens with one attached hydrogen (secondary N) is 1. The van der Waals surface area contributed by atoms with Gasteiger partial charge in [0.1, 0.15) is 6.61 Å². The van der Waals surface area contributed by atoms with Gasteiger partial charge in [-0.25, -0.2) is 9.59 Å². The lowest BCUT2D eigenvalue weighted by molar-refractivity contribution is 0.0831. The van der Waals surface area contributed by atoms with Crippen molar-refractivity contribution in [2.75, 3.05) is 19.7 Å². The fourth-order valence-corrected chi connectivity index (χ4v) is 3.48. The van der Waals surface area contributed by atoms with Crippen LogP contribution in [0.4, 0.5) is 9.59 Å². The van der Waals surface area contributed by atoms with E-state index in [0.717, 1.165) is 57.3 Å². The molecule has 7 heteroatoms. The summed E-state index contributed by atoms with van der Waals surface area (Å²) in [4.78, 5) is 29.7. The van der Waals surface area contributed by atoms with Crippen LogP contribution in [0.3, 0.4) is 0 Å². The van der Waals surface area contributed by atoms with Gasteiger partial charge in [-0.1, -0.05) is 6.07 Å². The van der Waals surface area contributed by atoms with Gasteiger partial charge in [-0.15, -0.1) is 0 Å². The lowest BCUT2D eigenvalue weighted by atomic mass is 9.86. The Hall–Kier alpha value is -2.31. The van der Waals surface area contributed by atoms with E-state index in [4.69, 9.17) is 9.47 Å². The van der Waals surface area contributed by atoms with Crippen LogP contribution in [-0.2, 0) is 16.1 Å². The molecule has 2 aliphatic rings. The molecule has 1 aliphatic heterocycles. The highest BCUT2D eigenvalue weighted by atomic mass is 16.6. The van der Waals surface area contributed by atoms with Gasteiger partial charge in [-0.2, -0.15) is 0 Å². The van der Waals surface area contributed by atoms with Gasteiger partial charge in [0.05, 0.1) is 12.3 Å². The van der Waals surface area contributed by atoms with E-state index in [2.05, 4.69) is 10.3 Å². The zero-order valence-corrected chi connectivity index (χ0v) is 15.1. The number of amides is 2. The predicted octanol–water partition coefficient (Wildman–Crippen LogP) is 3.10. The highest BCUT2D eigenvalue weighted by Crippen LogP contribution is 2.25. The smallest absolute Gasteiger partial charge is 0.409 e. The lowest BCUT2D eigenvalue weighted by Crippen LogP contribution is -2.39. The van der Waals surface area contributed by atoms with Gasteiger partial charge in [0, 0.05) is 25.3 Å².